The molecule has 1 heterocycles. The van der Waals surface area contributed by atoms with Crippen LogP contribution in [0.2, 0.25) is 0 Å². The van der Waals surface area contributed by atoms with Gasteiger partial charge in [0.15, 0.2) is 0 Å². The zero-order valence-corrected chi connectivity index (χ0v) is 13.1. The number of ether oxygens (including phenoxy) is 1. The van der Waals surface area contributed by atoms with Crippen molar-refractivity contribution in [3.63, 3.8) is 0 Å². The molecule has 1 aromatic heterocycles. The SMILES string of the molecule is COC1CC(NC(=O)c2sccc2/C=C/C(=O)O)C1(C)C. The predicted molar refractivity (Wildman–Crippen MR) is 81.4 cm³/mol. The highest BCUT2D eigenvalue weighted by Gasteiger charge is 2.49. The third-order valence-electron chi connectivity index (χ3n) is 4.07. The van der Waals surface area contributed by atoms with Gasteiger partial charge in [-0.1, -0.05) is 13.8 Å². The average Bonchev–Trinajstić information content (AvgIpc) is 2.88. The Morgan fingerprint density at radius 1 is 1.52 bits per heavy atom. The number of hydrogen-bond donors (Lipinski definition) is 2. The van der Waals surface area contributed by atoms with Gasteiger partial charge in [0.05, 0.1) is 11.0 Å². The third kappa shape index (κ3) is 3.16. The molecule has 1 aliphatic rings. The summed E-state index contributed by atoms with van der Waals surface area (Å²) < 4.78 is 5.37. The molecule has 2 unspecified atom stereocenters. The van der Waals surface area contributed by atoms with Gasteiger partial charge in [-0.15, -0.1) is 11.3 Å². The highest BCUT2D eigenvalue weighted by molar-refractivity contribution is 7.12. The van der Waals surface area contributed by atoms with E-state index in [1.54, 1.807) is 18.6 Å². The highest BCUT2D eigenvalue weighted by atomic mass is 32.1. The lowest BCUT2D eigenvalue weighted by Crippen LogP contribution is -2.61. The standard InChI is InChI=1S/C15H19NO4S/c1-15(2)10(8-11(15)20-3)16-14(19)13-9(6-7-21-13)4-5-12(17)18/h4-7,10-11H,8H2,1-3H3,(H,16,19)(H,17,18)/b5-4+. The summed E-state index contributed by atoms with van der Waals surface area (Å²) in [4.78, 5) is 23.4. The first kappa shape index (κ1) is 15.7. The van der Waals surface area contributed by atoms with Crippen LogP contribution in [-0.4, -0.2) is 36.2 Å². The molecule has 0 saturated heterocycles. The first-order chi connectivity index (χ1) is 9.86. The summed E-state index contributed by atoms with van der Waals surface area (Å²) in [6.07, 6.45) is 3.42. The van der Waals surface area contributed by atoms with Crippen LogP contribution in [0.15, 0.2) is 17.5 Å². The molecular formula is C15H19NO4S. The third-order valence-corrected chi connectivity index (χ3v) is 5.00. The molecule has 1 saturated carbocycles. The van der Waals surface area contributed by atoms with Gasteiger partial charge in [-0.3, -0.25) is 4.79 Å². The minimum Gasteiger partial charge on any atom is -0.478 e. The Labute approximate surface area is 127 Å². The summed E-state index contributed by atoms with van der Waals surface area (Å²) in [5.74, 6) is -1.20. The Morgan fingerprint density at radius 2 is 2.24 bits per heavy atom. The van der Waals surface area contributed by atoms with Gasteiger partial charge in [0.25, 0.3) is 5.91 Å². The molecular weight excluding hydrogens is 290 g/mol. The molecule has 0 bridgehead atoms. The van der Waals surface area contributed by atoms with Gasteiger partial charge in [-0.2, -0.15) is 0 Å². The van der Waals surface area contributed by atoms with Gasteiger partial charge in [-0.05, 0) is 29.5 Å². The number of thiophene rings is 1. The second-order valence-electron chi connectivity index (χ2n) is 5.68. The van der Waals surface area contributed by atoms with Crippen LogP contribution >= 0.6 is 11.3 Å². The molecule has 114 valence electrons. The van der Waals surface area contributed by atoms with Crippen LogP contribution in [0.4, 0.5) is 0 Å². The molecule has 1 aromatic rings. The minimum absolute atomic E-state index is 0.0633. The maximum absolute atomic E-state index is 12.3. The molecule has 21 heavy (non-hydrogen) atoms. The zero-order chi connectivity index (χ0) is 15.6. The average molecular weight is 309 g/mol. The lowest BCUT2D eigenvalue weighted by atomic mass is 9.64. The van der Waals surface area contributed by atoms with E-state index in [0.29, 0.717) is 10.4 Å². The number of methoxy groups -OCH3 is 1. The van der Waals surface area contributed by atoms with Crippen molar-refractivity contribution in [3.8, 4) is 0 Å². The van der Waals surface area contributed by atoms with Crippen LogP contribution in [0.1, 0.15) is 35.5 Å². The number of carbonyl (C=O) groups is 2. The monoisotopic (exact) mass is 309 g/mol. The summed E-state index contributed by atoms with van der Waals surface area (Å²) in [6, 6.07) is 1.80. The van der Waals surface area contributed by atoms with Crippen LogP contribution in [0.25, 0.3) is 6.08 Å². The molecule has 2 atom stereocenters. The fourth-order valence-corrected chi connectivity index (χ4v) is 3.34. The van der Waals surface area contributed by atoms with E-state index in [1.165, 1.54) is 17.4 Å². The van der Waals surface area contributed by atoms with E-state index in [2.05, 4.69) is 19.2 Å². The van der Waals surface area contributed by atoms with Gasteiger partial charge in [0.2, 0.25) is 0 Å². The van der Waals surface area contributed by atoms with E-state index in [0.717, 1.165) is 12.5 Å². The fraction of sp³-hybridized carbons (Fsp3) is 0.467. The first-order valence-corrected chi connectivity index (χ1v) is 7.56. The van der Waals surface area contributed by atoms with Crippen molar-refractivity contribution in [1.29, 1.82) is 0 Å². The smallest absolute Gasteiger partial charge is 0.328 e. The second-order valence-corrected chi connectivity index (χ2v) is 6.60. The Morgan fingerprint density at radius 3 is 2.81 bits per heavy atom. The van der Waals surface area contributed by atoms with Gasteiger partial charge in [0, 0.05) is 24.6 Å². The Bertz CT molecular complexity index is 576. The minimum atomic E-state index is -1.03. The lowest BCUT2D eigenvalue weighted by molar-refractivity contribution is -0.131. The number of carboxylic acid groups (broad SMARTS) is 1. The quantitative estimate of drug-likeness (QED) is 0.819. The summed E-state index contributed by atoms with van der Waals surface area (Å²) >= 11 is 1.31. The summed E-state index contributed by atoms with van der Waals surface area (Å²) in [5.41, 5.74) is 0.527. The van der Waals surface area contributed by atoms with E-state index >= 15 is 0 Å². The molecule has 1 amide bonds. The van der Waals surface area contributed by atoms with Crippen molar-refractivity contribution in [2.75, 3.05) is 7.11 Å². The zero-order valence-electron chi connectivity index (χ0n) is 12.3. The molecule has 1 fully saturated rings. The molecule has 0 aliphatic heterocycles. The largest absolute Gasteiger partial charge is 0.478 e. The number of rotatable bonds is 5. The van der Waals surface area contributed by atoms with E-state index < -0.39 is 5.97 Å². The van der Waals surface area contributed by atoms with Gasteiger partial charge < -0.3 is 15.2 Å². The Kier molecular flexibility index (Phi) is 4.49. The highest BCUT2D eigenvalue weighted by Crippen LogP contribution is 2.42. The van der Waals surface area contributed by atoms with Crippen LogP contribution in [0.3, 0.4) is 0 Å². The molecule has 2 rings (SSSR count). The first-order valence-electron chi connectivity index (χ1n) is 6.68. The normalized spacial score (nSPS) is 23.8. The van der Waals surface area contributed by atoms with Gasteiger partial charge in [0.1, 0.15) is 0 Å². The van der Waals surface area contributed by atoms with Crippen LogP contribution in [0, 0.1) is 5.41 Å². The maximum atomic E-state index is 12.3. The van der Waals surface area contributed by atoms with E-state index in [-0.39, 0.29) is 23.5 Å². The topological polar surface area (TPSA) is 75.6 Å². The summed E-state index contributed by atoms with van der Waals surface area (Å²) in [5, 5.41) is 13.5. The van der Waals surface area contributed by atoms with Crippen LogP contribution in [0.5, 0.6) is 0 Å². The van der Waals surface area contributed by atoms with Gasteiger partial charge in [-0.25, -0.2) is 4.79 Å². The van der Waals surface area contributed by atoms with Crippen molar-refractivity contribution in [3.05, 3.63) is 28.0 Å². The summed E-state index contributed by atoms with van der Waals surface area (Å²) in [6.45, 7) is 4.13. The van der Waals surface area contributed by atoms with Crippen molar-refractivity contribution < 1.29 is 19.4 Å². The van der Waals surface area contributed by atoms with Crippen molar-refractivity contribution in [2.45, 2.75) is 32.4 Å². The van der Waals surface area contributed by atoms with E-state index in [9.17, 15) is 9.59 Å². The molecule has 0 spiro atoms. The number of carboxylic acids is 1. The Hall–Kier alpha value is -1.66. The maximum Gasteiger partial charge on any atom is 0.328 e. The lowest BCUT2D eigenvalue weighted by Gasteiger charge is -2.51. The Balaban J connectivity index is 2.06. The number of amides is 1. The molecule has 6 heteroatoms. The van der Waals surface area contributed by atoms with Crippen molar-refractivity contribution >= 4 is 29.3 Å². The van der Waals surface area contributed by atoms with Gasteiger partial charge >= 0.3 is 5.97 Å². The predicted octanol–water partition coefficient (Wildman–Crippen LogP) is 2.39. The van der Waals surface area contributed by atoms with Crippen LogP contribution < -0.4 is 5.32 Å². The van der Waals surface area contributed by atoms with Crippen LogP contribution in [-0.2, 0) is 9.53 Å². The number of aliphatic carboxylic acids is 1. The molecule has 5 nitrogen and oxygen atoms in total. The number of hydrogen-bond acceptors (Lipinski definition) is 4. The van der Waals surface area contributed by atoms with Crippen molar-refractivity contribution in [1.82, 2.24) is 5.32 Å². The molecule has 0 aromatic carbocycles. The molecule has 1 aliphatic carbocycles. The van der Waals surface area contributed by atoms with E-state index in [1.807, 2.05) is 0 Å². The number of carbonyl (C=O) groups excluding carboxylic acids is 1. The van der Waals surface area contributed by atoms with Crippen molar-refractivity contribution in [2.24, 2.45) is 5.41 Å². The second kappa shape index (κ2) is 5.99. The molecule has 0 radical (unpaired) electrons. The van der Waals surface area contributed by atoms with E-state index in [4.69, 9.17) is 9.84 Å². The number of nitrogens with one attached hydrogen (secondary N) is 1. The summed E-state index contributed by atoms with van der Waals surface area (Å²) in [7, 11) is 1.68. The molecule has 2 N–H and O–H groups in total. The fourth-order valence-electron chi connectivity index (χ4n) is 2.55.